The van der Waals surface area contributed by atoms with Crippen LogP contribution in [0, 0.1) is 6.92 Å². The van der Waals surface area contributed by atoms with Crippen LogP contribution in [0.25, 0.3) is 16.9 Å². The Morgan fingerprint density at radius 2 is 2.00 bits per heavy atom. The van der Waals surface area contributed by atoms with Crippen LogP contribution in [0.2, 0.25) is 0 Å². The van der Waals surface area contributed by atoms with Crippen molar-refractivity contribution in [3.63, 3.8) is 0 Å². The Morgan fingerprint density at radius 3 is 2.86 bits per heavy atom. The van der Waals surface area contributed by atoms with E-state index in [-0.39, 0.29) is 4.90 Å². The normalized spacial score (nSPS) is 13.3. The molecule has 2 aromatic carbocycles. The lowest BCUT2D eigenvalue weighted by molar-refractivity contribution is 0.356. The Balaban J connectivity index is 1.50. The van der Waals surface area contributed by atoms with E-state index in [2.05, 4.69) is 9.71 Å². The summed E-state index contributed by atoms with van der Waals surface area (Å²) in [6.45, 7) is 2.47. The fourth-order valence-corrected chi connectivity index (χ4v) is 4.67. The fraction of sp³-hybridized carbons (Fsp3) is 0.136. The number of hydrogen-bond donors (Lipinski definition) is 1. The predicted octanol–water partition coefficient (Wildman–Crippen LogP) is 4.05. The number of aryl methyl sites for hydroxylation is 1. The fourth-order valence-electron chi connectivity index (χ4n) is 3.50. The number of anilines is 1. The predicted molar refractivity (Wildman–Crippen MR) is 112 cm³/mol. The zero-order valence-corrected chi connectivity index (χ0v) is 16.6. The van der Waals surface area contributed by atoms with Gasteiger partial charge in [-0.25, -0.2) is 13.4 Å². The number of aromatic nitrogens is 2. The summed E-state index contributed by atoms with van der Waals surface area (Å²) < 4.78 is 36.1. The number of pyridine rings is 1. The van der Waals surface area contributed by atoms with E-state index in [0.717, 1.165) is 40.2 Å². The number of rotatable bonds is 4. The topological polar surface area (TPSA) is 72.7 Å². The molecule has 0 aliphatic carbocycles. The lowest BCUT2D eigenvalue weighted by atomic mass is 10.1. The first kappa shape index (κ1) is 17.8. The first-order valence-corrected chi connectivity index (χ1v) is 10.8. The standard InChI is InChI=1S/C22H19N3O3S/c1-15-5-6-16(20-14-25-10-3-2-4-22(25)23-20)13-19(15)24-29(26,27)18-7-8-21-17(12-18)9-11-28-21/h2-8,10,12-14,24H,9,11H2,1H3. The Morgan fingerprint density at radius 1 is 1.10 bits per heavy atom. The average molecular weight is 405 g/mol. The molecule has 1 N–H and O–H groups in total. The zero-order valence-electron chi connectivity index (χ0n) is 15.8. The molecule has 0 radical (unpaired) electrons. The smallest absolute Gasteiger partial charge is 0.261 e. The van der Waals surface area contributed by atoms with Crippen molar-refractivity contribution in [2.45, 2.75) is 18.2 Å². The molecule has 0 amide bonds. The molecule has 1 aliphatic heterocycles. The molecule has 146 valence electrons. The van der Waals surface area contributed by atoms with Crippen molar-refractivity contribution in [2.24, 2.45) is 0 Å². The molecule has 0 atom stereocenters. The van der Waals surface area contributed by atoms with E-state index in [1.807, 2.05) is 60.1 Å². The molecule has 0 spiro atoms. The first-order valence-electron chi connectivity index (χ1n) is 9.33. The Hall–Kier alpha value is -3.32. The van der Waals surface area contributed by atoms with E-state index in [0.29, 0.717) is 12.3 Å². The van der Waals surface area contributed by atoms with Gasteiger partial charge >= 0.3 is 0 Å². The quantitative estimate of drug-likeness (QED) is 0.556. The van der Waals surface area contributed by atoms with Gasteiger partial charge in [-0.05, 0) is 54.4 Å². The highest BCUT2D eigenvalue weighted by atomic mass is 32.2. The monoisotopic (exact) mass is 405 g/mol. The Bertz CT molecular complexity index is 1310. The highest BCUT2D eigenvalue weighted by Gasteiger charge is 2.20. The third kappa shape index (κ3) is 3.23. The second kappa shape index (κ2) is 6.63. The summed E-state index contributed by atoms with van der Waals surface area (Å²) in [4.78, 5) is 4.85. The molecule has 6 nitrogen and oxygen atoms in total. The van der Waals surface area contributed by atoms with Crippen molar-refractivity contribution >= 4 is 21.4 Å². The number of ether oxygens (including phenoxy) is 1. The number of fused-ring (bicyclic) bond motifs is 2. The van der Waals surface area contributed by atoms with Gasteiger partial charge in [0.15, 0.2) is 0 Å². The highest BCUT2D eigenvalue weighted by molar-refractivity contribution is 7.92. The van der Waals surface area contributed by atoms with E-state index in [1.165, 1.54) is 0 Å². The first-order chi connectivity index (χ1) is 14.0. The van der Waals surface area contributed by atoms with Crippen LogP contribution in [0.5, 0.6) is 5.75 Å². The molecule has 1 aliphatic rings. The number of imidazole rings is 1. The van der Waals surface area contributed by atoms with E-state index in [1.54, 1.807) is 18.2 Å². The van der Waals surface area contributed by atoms with Crippen molar-refractivity contribution in [3.05, 3.63) is 78.1 Å². The summed E-state index contributed by atoms with van der Waals surface area (Å²) in [6.07, 6.45) is 4.58. The maximum Gasteiger partial charge on any atom is 0.261 e. The molecule has 0 fully saturated rings. The van der Waals surface area contributed by atoms with E-state index in [9.17, 15) is 8.42 Å². The van der Waals surface area contributed by atoms with Crippen molar-refractivity contribution in [3.8, 4) is 17.0 Å². The molecule has 3 heterocycles. The summed E-state index contributed by atoms with van der Waals surface area (Å²) in [5.41, 5.74) is 4.76. The Kier molecular flexibility index (Phi) is 4.06. The number of sulfonamides is 1. The van der Waals surface area contributed by atoms with E-state index in [4.69, 9.17) is 4.74 Å². The third-order valence-electron chi connectivity index (χ3n) is 5.11. The largest absolute Gasteiger partial charge is 0.493 e. The van der Waals surface area contributed by atoms with Gasteiger partial charge in [-0.1, -0.05) is 18.2 Å². The van der Waals surface area contributed by atoms with Gasteiger partial charge in [0.05, 0.1) is 22.9 Å². The molecule has 0 saturated carbocycles. The van der Waals surface area contributed by atoms with Crippen LogP contribution in [-0.2, 0) is 16.4 Å². The SMILES string of the molecule is Cc1ccc(-c2cn3ccccc3n2)cc1NS(=O)(=O)c1ccc2c(c1)CCO2. The van der Waals surface area contributed by atoms with Crippen LogP contribution in [-0.4, -0.2) is 24.4 Å². The molecule has 0 unspecified atom stereocenters. The average Bonchev–Trinajstić information content (AvgIpc) is 3.35. The molecule has 0 bridgehead atoms. The lowest BCUT2D eigenvalue weighted by Crippen LogP contribution is -2.14. The zero-order chi connectivity index (χ0) is 20.0. The molecule has 0 saturated heterocycles. The van der Waals surface area contributed by atoms with Gasteiger partial charge in [-0.3, -0.25) is 4.72 Å². The van der Waals surface area contributed by atoms with Gasteiger partial charge in [0.1, 0.15) is 11.4 Å². The summed E-state index contributed by atoms with van der Waals surface area (Å²) >= 11 is 0. The highest BCUT2D eigenvalue weighted by Crippen LogP contribution is 2.30. The number of hydrogen-bond acceptors (Lipinski definition) is 4. The van der Waals surface area contributed by atoms with Crippen molar-refractivity contribution in [2.75, 3.05) is 11.3 Å². The number of benzene rings is 2. The second-order valence-electron chi connectivity index (χ2n) is 7.10. The Labute approximate surface area is 168 Å². The van der Waals surface area contributed by atoms with Crippen LogP contribution in [0.15, 0.2) is 71.9 Å². The summed E-state index contributed by atoms with van der Waals surface area (Å²) in [5.74, 6) is 0.758. The number of nitrogens with zero attached hydrogens (tertiary/aromatic N) is 2. The van der Waals surface area contributed by atoms with Gasteiger partial charge in [0, 0.05) is 24.4 Å². The minimum absolute atomic E-state index is 0.235. The van der Waals surface area contributed by atoms with Crippen LogP contribution in [0.1, 0.15) is 11.1 Å². The van der Waals surface area contributed by atoms with E-state index >= 15 is 0 Å². The summed E-state index contributed by atoms with van der Waals surface area (Å²) in [7, 11) is -3.71. The van der Waals surface area contributed by atoms with Gasteiger partial charge in [-0.15, -0.1) is 0 Å². The maximum absolute atomic E-state index is 13.0. The third-order valence-corrected chi connectivity index (χ3v) is 6.48. The molecular weight excluding hydrogens is 386 g/mol. The van der Waals surface area contributed by atoms with Crippen molar-refractivity contribution in [1.29, 1.82) is 0 Å². The molecule has 4 aromatic rings. The van der Waals surface area contributed by atoms with Crippen molar-refractivity contribution in [1.82, 2.24) is 9.38 Å². The molecule has 29 heavy (non-hydrogen) atoms. The molecule has 2 aromatic heterocycles. The minimum Gasteiger partial charge on any atom is -0.493 e. The number of nitrogens with one attached hydrogen (secondary N) is 1. The molecular formula is C22H19N3O3S. The van der Waals surface area contributed by atoms with Crippen LogP contribution < -0.4 is 9.46 Å². The maximum atomic E-state index is 13.0. The van der Waals surface area contributed by atoms with Gasteiger partial charge < -0.3 is 9.14 Å². The van der Waals surface area contributed by atoms with Crippen LogP contribution >= 0.6 is 0 Å². The summed E-state index contributed by atoms with van der Waals surface area (Å²) in [5, 5.41) is 0. The summed E-state index contributed by atoms with van der Waals surface area (Å²) in [6, 6.07) is 16.5. The van der Waals surface area contributed by atoms with Crippen LogP contribution in [0.3, 0.4) is 0 Å². The molecule has 7 heteroatoms. The van der Waals surface area contributed by atoms with Gasteiger partial charge in [0.2, 0.25) is 0 Å². The van der Waals surface area contributed by atoms with E-state index < -0.39 is 10.0 Å². The van der Waals surface area contributed by atoms with Crippen LogP contribution in [0.4, 0.5) is 5.69 Å². The molecule has 5 rings (SSSR count). The van der Waals surface area contributed by atoms with Gasteiger partial charge in [0.25, 0.3) is 10.0 Å². The lowest BCUT2D eigenvalue weighted by Gasteiger charge is -2.12. The minimum atomic E-state index is -3.71. The van der Waals surface area contributed by atoms with Crippen molar-refractivity contribution < 1.29 is 13.2 Å². The second-order valence-corrected chi connectivity index (χ2v) is 8.78. The van der Waals surface area contributed by atoms with Gasteiger partial charge in [-0.2, -0.15) is 0 Å².